The van der Waals surface area contributed by atoms with Gasteiger partial charge in [0.25, 0.3) is 5.91 Å². The molecular formula is C18H18N2O4S. The lowest BCUT2D eigenvalue weighted by Crippen LogP contribution is -2.22. The first-order chi connectivity index (χ1) is 11.8. The maximum Gasteiger partial charge on any atom is 0.273 e. The average molecular weight is 358 g/mol. The standard InChI is InChI=1S/C18H18N2O4S/c1-12-6-8-13(9-7-12)17-11-16(20-24-17)18(21)19-14-4-3-5-15(10-14)25(2,22)23/h3-10,17H,11H2,1-2H3,(H,19,21)/t17-/m0/s1. The molecule has 0 bridgehead atoms. The highest BCUT2D eigenvalue weighted by molar-refractivity contribution is 7.90. The molecule has 3 rings (SSSR count). The van der Waals surface area contributed by atoms with Crippen molar-refractivity contribution in [2.75, 3.05) is 11.6 Å². The maximum atomic E-state index is 12.3. The fourth-order valence-corrected chi connectivity index (χ4v) is 3.15. The normalized spacial score (nSPS) is 16.9. The monoisotopic (exact) mass is 358 g/mol. The molecule has 1 N–H and O–H groups in total. The van der Waals surface area contributed by atoms with Gasteiger partial charge in [0.1, 0.15) is 5.71 Å². The number of hydrogen-bond acceptors (Lipinski definition) is 5. The minimum atomic E-state index is -3.33. The molecule has 1 heterocycles. The minimum Gasteiger partial charge on any atom is -0.387 e. The molecule has 0 fully saturated rings. The quantitative estimate of drug-likeness (QED) is 0.911. The van der Waals surface area contributed by atoms with Gasteiger partial charge >= 0.3 is 0 Å². The van der Waals surface area contributed by atoms with E-state index < -0.39 is 15.7 Å². The van der Waals surface area contributed by atoms with E-state index in [1.54, 1.807) is 12.1 Å². The van der Waals surface area contributed by atoms with Crippen LogP contribution in [0.1, 0.15) is 23.7 Å². The number of carbonyl (C=O) groups excluding carboxylic acids is 1. The summed E-state index contributed by atoms with van der Waals surface area (Å²) in [6.07, 6.45) is 1.19. The highest BCUT2D eigenvalue weighted by Gasteiger charge is 2.27. The number of anilines is 1. The molecule has 0 aromatic heterocycles. The number of oxime groups is 1. The van der Waals surface area contributed by atoms with Gasteiger partial charge < -0.3 is 10.2 Å². The van der Waals surface area contributed by atoms with Crippen LogP contribution >= 0.6 is 0 Å². The van der Waals surface area contributed by atoms with E-state index in [0.717, 1.165) is 17.4 Å². The molecular weight excluding hydrogens is 340 g/mol. The van der Waals surface area contributed by atoms with Gasteiger partial charge in [-0.25, -0.2) is 8.42 Å². The highest BCUT2D eigenvalue weighted by atomic mass is 32.2. The molecule has 1 aliphatic heterocycles. The third kappa shape index (κ3) is 4.06. The molecule has 0 saturated carbocycles. The smallest absolute Gasteiger partial charge is 0.273 e. The minimum absolute atomic E-state index is 0.146. The summed E-state index contributed by atoms with van der Waals surface area (Å²) in [7, 11) is -3.33. The van der Waals surface area contributed by atoms with Gasteiger partial charge in [-0.15, -0.1) is 0 Å². The largest absolute Gasteiger partial charge is 0.387 e. The Kier molecular flexibility index (Phi) is 4.59. The van der Waals surface area contributed by atoms with Crippen molar-refractivity contribution in [2.45, 2.75) is 24.3 Å². The van der Waals surface area contributed by atoms with E-state index in [0.29, 0.717) is 12.1 Å². The van der Waals surface area contributed by atoms with E-state index in [2.05, 4.69) is 10.5 Å². The lowest BCUT2D eigenvalue weighted by Gasteiger charge is -2.08. The Morgan fingerprint density at radius 3 is 2.60 bits per heavy atom. The summed E-state index contributed by atoms with van der Waals surface area (Å²) in [6.45, 7) is 2.00. The van der Waals surface area contributed by atoms with Gasteiger partial charge in [0.05, 0.1) is 4.90 Å². The summed E-state index contributed by atoms with van der Waals surface area (Å²) >= 11 is 0. The van der Waals surface area contributed by atoms with Crippen LogP contribution in [-0.4, -0.2) is 26.3 Å². The van der Waals surface area contributed by atoms with Gasteiger partial charge in [-0.1, -0.05) is 41.1 Å². The predicted octanol–water partition coefficient (Wildman–Crippen LogP) is 2.85. The van der Waals surface area contributed by atoms with E-state index in [1.165, 1.54) is 12.1 Å². The van der Waals surface area contributed by atoms with Crippen molar-refractivity contribution in [1.29, 1.82) is 0 Å². The summed E-state index contributed by atoms with van der Waals surface area (Å²) in [5.74, 6) is -0.403. The molecule has 0 spiro atoms. The number of hydrogen-bond donors (Lipinski definition) is 1. The van der Waals surface area contributed by atoms with Crippen LogP contribution < -0.4 is 5.32 Å². The van der Waals surface area contributed by atoms with Crippen LogP contribution in [0.2, 0.25) is 0 Å². The topological polar surface area (TPSA) is 84.8 Å². The first kappa shape index (κ1) is 17.2. The van der Waals surface area contributed by atoms with Crippen LogP contribution in [0.5, 0.6) is 0 Å². The number of nitrogens with one attached hydrogen (secondary N) is 1. The molecule has 7 heteroatoms. The summed E-state index contributed by atoms with van der Waals surface area (Å²) in [4.78, 5) is 17.8. The SMILES string of the molecule is Cc1ccc([C@@H]2CC(C(=O)Nc3cccc(S(C)(=O)=O)c3)=NO2)cc1. The van der Waals surface area contributed by atoms with E-state index in [4.69, 9.17) is 4.84 Å². The lowest BCUT2D eigenvalue weighted by atomic mass is 10.0. The van der Waals surface area contributed by atoms with Crippen LogP contribution in [0.15, 0.2) is 58.6 Å². The molecule has 25 heavy (non-hydrogen) atoms. The zero-order valence-corrected chi connectivity index (χ0v) is 14.7. The number of carbonyl (C=O) groups is 1. The second kappa shape index (κ2) is 6.68. The van der Waals surface area contributed by atoms with Crippen LogP contribution in [-0.2, 0) is 19.5 Å². The van der Waals surface area contributed by atoms with Crippen molar-refractivity contribution in [3.8, 4) is 0 Å². The first-order valence-corrected chi connectivity index (χ1v) is 9.63. The Morgan fingerprint density at radius 2 is 1.92 bits per heavy atom. The molecule has 1 amide bonds. The van der Waals surface area contributed by atoms with Crippen molar-refractivity contribution in [1.82, 2.24) is 0 Å². The summed E-state index contributed by atoms with van der Waals surface area (Å²) < 4.78 is 23.2. The van der Waals surface area contributed by atoms with Crippen LogP contribution in [0.4, 0.5) is 5.69 Å². The summed E-state index contributed by atoms with van der Waals surface area (Å²) in [6, 6.07) is 14.0. The fourth-order valence-electron chi connectivity index (χ4n) is 2.48. The van der Waals surface area contributed by atoms with E-state index in [9.17, 15) is 13.2 Å². The molecule has 130 valence electrons. The zero-order chi connectivity index (χ0) is 18.0. The van der Waals surface area contributed by atoms with Crippen molar-refractivity contribution in [3.05, 3.63) is 59.7 Å². The second-order valence-corrected chi connectivity index (χ2v) is 8.02. The zero-order valence-electron chi connectivity index (χ0n) is 13.9. The predicted molar refractivity (Wildman–Crippen MR) is 95.2 cm³/mol. The Balaban J connectivity index is 1.68. The van der Waals surface area contributed by atoms with Gasteiger partial charge in [-0.05, 0) is 30.7 Å². The number of amides is 1. The number of sulfone groups is 1. The molecule has 0 radical (unpaired) electrons. The third-order valence-corrected chi connectivity index (χ3v) is 5.01. The Morgan fingerprint density at radius 1 is 1.20 bits per heavy atom. The number of rotatable bonds is 4. The third-order valence-electron chi connectivity index (χ3n) is 3.90. The van der Waals surface area contributed by atoms with E-state index in [1.807, 2.05) is 31.2 Å². The van der Waals surface area contributed by atoms with E-state index in [-0.39, 0.29) is 16.7 Å². The van der Waals surface area contributed by atoms with Crippen LogP contribution in [0, 0.1) is 6.92 Å². The number of nitrogens with zero attached hydrogens (tertiary/aromatic N) is 1. The van der Waals surface area contributed by atoms with Crippen molar-refractivity contribution in [3.63, 3.8) is 0 Å². The molecule has 0 aliphatic carbocycles. The fraction of sp³-hybridized carbons (Fsp3) is 0.222. The molecule has 2 aromatic rings. The van der Waals surface area contributed by atoms with Crippen molar-refractivity contribution >= 4 is 27.1 Å². The van der Waals surface area contributed by atoms with Gasteiger partial charge in [-0.2, -0.15) is 0 Å². The summed E-state index contributed by atoms with van der Waals surface area (Å²) in [5.41, 5.74) is 2.77. The van der Waals surface area contributed by atoms with Gasteiger partial charge in [0, 0.05) is 18.4 Å². The average Bonchev–Trinajstić information content (AvgIpc) is 3.05. The van der Waals surface area contributed by atoms with Crippen LogP contribution in [0.3, 0.4) is 0 Å². The van der Waals surface area contributed by atoms with Crippen molar-refractivity contribution in [2.24, 2.45) is 5.16 Å². The summed E-state index contributed by atoms with van der Waals surface area (Å²) in [5, 5.41) is 6.53. The molecule has 0 saturated heterocycles. The number of benzene rings is 2. The van der Waals surface area contributed by atoms with E-state index >= 15 is 0 Å². The Hall–Kier alpha value is -2.67. The Labute approximate surface area is 146 Å². The van der Waals surface area contributed by atoms with Crippen LogP contribution in [0.25, 0.3) is 0 Å². The molecule has 0 unspecified atom stereocenters. The lowest BCUT2D eigenvalue weighted by molar-refractivity contribution is -0.110. The highest BCUT2D eigenvalue weighted by Crippen LogP contribution is 2.28. The number of aryl methyl sites for hydroxylation is 1. The second-order valence-electron chi connectivity index (χ2n) is 6.00. The van der Waals surface area contributed by atoms with Crippen molar-refractivity contribution < 1.29 is 18.0 Å². The molecule has 2 aromatic carbocycles. The molecule has 6 nitrogen and oxygen atoms in total. The maximum absolute atomic E-state index is 12.3. The van der Waals surface area contributed by atoms with Gasteiger partial charge in [-0.3, -0.25) is 4.79 Å². The van der Waals surface area contributed by atoms with Gasteiger partial charge in [0.15, 0.2) is 15.9 Å². The first-order valence-electron chi connectivity index (χ1n) is 7.73. The van der Waals surface area contributed by atoms with Gasteiger partial charge in [0.2, 0.25) is 0 Å². The molecule has 1 aliphatic rings. The molecule has 1 atom stereocenters. The Bertz CT molecular complexity index is 934.